The SMILES string of the molecule is Cc1nc(CN2CCC(c3cc(C)n4nccc4n3)CC2)cs1. The number of thiazole rings is 1. The Bertz CT molecular complexity index is 813. The number of fused-ring (bicyclic) bond motifs is 1. The number of hydrogen-bond donors (Lipinski definition) is 0. The molecule has 0 amide bonds. The van der Waals surface area contributed by atoms with Crippen LogP contribution in [0, 0.1) is 13.8 Å². The molecule has 0 N–H and O–H groups in total. The zero-order valence-electron chi connectivity index (χ0n) is 13.6. The second-order valence-corrected chi connectivity index (χ2v) is 7.39. The van der Waals surface area contributed by atoms with Gasteiger partial charge in [0.1, 0.15) is 0 Å². The fourth-order valence-corrected chi connectivity index (χ4v) is 4.00. The van der Waals surface area contributed by atoms with Gasteiger partial charge in [0.05, 0.1) is 16.9 Å². The number of rotatable bonds is 3. The summed E-state index contributed by atoms with van der Waals surface area (Å²) in [5.74, 6) is 0.557. The van der Waals surface area contributed by atoms with E-state index in [0.717, 1.165) is 36.0 Å². The topological polar surface area (TPSA) is 46.3 Å². The minimum Gasteiger partial charge on any atom is -0.297 e. The van der Waals surface area contributed by atoms with E-state index in [2.05, 4.69) is 40.3 Å². The van der Waals surface area contributed by atoms with Crippen LogP contribution in [0.2, 0.25) is 0 Å². The van der Waals surface area contributed by atoms with Crippen LogP contribution in [0.3, 0.4) is 0 Å². The van der Waals surface area contributed by atoms with Gasteiger partial charge in [0.25, 0.3) is 0 Å². The van der Waals surface area contributed by atoms with Crippen molar-refractivity contribution in [2.75, 3.05) is 13.1 Å². The first-order valence-electron chi connectivity index (χ1n) is 8.14. The standard InChI is InChI=1S/C17H21N5S/c1-12-9-16(20-17-3-6-18-22(12)17)14-4-7-21(8-5-14)10-15-11-23-13(2)19-15/h3,6,9,11,14H,4-5,7-8,10H2,1-2H3. The molecule has 120 valence electrons. The molecule has 4 heterocycles. The van der Waals surface area contributed by atoms with Crippen molar-refractivity contribution in [2.45, 2.75) is 39.2 Å². The first kappa shape index (κ1) is 14.8. The molecule has 0 radical (unpaired) electrons. The first-order valence-corrected chi connectivity index (χ1v) is 9.01. The predicted molar refractivity (Wildman–Crippen MR) is 91.8 cm³/mol. The van der Waals surface area contributed by atoms with E-state index < -0.39 is 0 Å². The second kappa shape index (κ2) is 6.02. The smallest absolute Gasteiger partial charge is 0.155 e. The summed E-state index contributed by atoms with van der Waals surface area (Å²) in [7, 11) is 0. The van der Waals surface area contributed by atoms with Crippen LogP contribution >= 0.6 is 11.3 Å². The average molecular weight is 327 g/mol. The van der Waals surface area contributed by atoms with Gasteiger partial charge in [-0.15, -0.1) is 11.3 Å². The van der Waals surface area contributed by atoms with E-state index in [1.165, 1.54) is 24.2 Å². The van der Waals surface area contributed by atoms with E-state index in [1.54, 1.807) is 11.3 Å². The van der Waals surface area contributed by atoms with E-state index in [1.807, 2.05) is 16.8 Å². The van der Waals surface area contributed by atoms with Crippen molar-refractivity contribution in [3.8, 4) is 0 Å². The predicted octanol–water partition coefficient (Wildman–Crippen LogP) is 3.18. The molecule has 0 aliphatic carbocycles. The van der Waals surface area contributed by atoms with Crippen LogP contribution in [-0.2, 0) is 6.54 Å². The maximum Gasteiger partial charge on any atom is 0.155 e. The third kappa shape index (κ3) is 3.01. The van der Waals surface area contributed by atoms with Gasteiger partial charge in [-0.1, -0.05) is 0 Å². The molecular formula is C17H21N5S. The van der Waals surface area contributed by atoms with Gasteiger partial charge in [0, 0.05) is 35.3 Å². The van der Waals surface area contributed by atoms with Crippen LogP contribution in [0.25, 0.3) is 5.65 Å². The molecule has 3 aromatic rings. The summed E-state index contributed by atoms with van der Waals surface area (Å²) in [6, 6.07) is 4.18. The van der Waals surface area contributed by atoms with Crippen molar-refractivity contribution in [2.24, 2.45) is 0 Å². The minimum atomic E-state index is 0.557. The third-order valence-electron chi connectivity index (χ3n) is 4.62. The summed E-state index contributed by atoms with van der Waals surface area (Å²) in [5, 5.41) is 7.64. The molecule has 0 spiro atoms. The lowest BCUT2D eigenvalue weighted by Gasteiger charge is -2.31. The van der Waals surface area contributed by atoms with Gasteiger partial charge in [0.15, 0.2) is 5.65 Å². The molecule has 0 aromatic carbocycles. The Hall–Kier alpha value is -1.79. The van der Waals surface area contributed by atoms with Gasteiger partial charge in [0.2, 0.25) is 0 Å². The van der Waals surface area contributed by atoms with Gasteiger partial charge in [-0.3, -0.25) is 4.90 Å². The molecule has 1 fully saturated rings. The highest BCUT2D eigenvalue weighted by Crippen LogP contribution is 2.28. The molecule has 0 atom stereocenters. The minimum absolute atomic E-state index is 0.557. The highest BCUT2D eigenvalue weighted by Gasteiger charge is 2.23. The second-order valence-electron chi connectivity index (χ2n) is 6.33. The van der Waals surface area contributed by atoms with Crippen LogP contribution < -0.4 is 0 Å². The van der Waals surface area contributed by atoms with Crippen molar-refractivity contribution < 1.29 is 0 Å². The van der Waals surface area contributed by atoms with E-state index in [9.17, 15) is 0 Å². The first-order chi connectivity index (χ1) is 11.2. The fraction of sp³-hybridized carbons (Fsp3) is 0.471. The molecule has 6 heteroatoms. The number of nitrogens with zero attached hydrogens (tertiary/aromatic N) is 5. The lowest BCUT2D eigenvalue weighted by Crippen LogP contribution is -2.32. The maximum atomic E-state index is 4.80. The lowest BCUT2D eigenvalue weighted by molar-refractivity contribution is 0.201. The molecule has 1 aliphatic heterocycles. The number of aromatic nitrogens is 4. The van der Waals surface area contributed by atoms with Gasteiger partial charge >= 0.3 is 0 Å². The fourth-order valence-electron chi connectivity index (χ4n) is 3.40. The monoisotopic (exact) mass is 327 g/mol. The quantitative estimate of drug-likeness (QED) is 0.741. The van der Waals surface area contributed by atoms with E-state index >= 15 is 0 Å². The Morgan fingerprint density at radius 2 is 2.04 bits per heavy atom. The van der Waals surface area contributed by atoms with Crippen molar-refractivity contribution in [3.63, 3.8) is 0 Å². The summed E-state index contributed by atoms with van der Waals surface area (Å²) in [4.78, 5) is 11.9. The van der Waals surface area contributed by atoms with Crippen molar-refractivity contribution in [1.29, 1.82) is 0 Å². The van der Waals surface area contributed by atoms with E-state index in [0.29, 0.717) is 5.92 Å². The summed E-state index contributed by atoms with van der Waals surface area (Å²) in [5.41, 5.74) is 4.55. The highest BCUT2D eigenvalue weighted by atomic mass is 32.1. The van der Waals surface area contributed by atoms with Crippen LogP contribution in [-0.4, -0.2) is 37.6 Å². The highest BCUT2D eigenvalue weighted by molar-refractivity contribution is 7.09. The molecular weight excluding hydrogens is 306 g/mol. The van der Waals surface area contributed by atoms with Gasteiger partial charge < -0.3 is 0 Å². The summed E-state index contributed by atoms with van der Waals surface area (Å²) in [6.07, 6.45) is 4.15. The summed E-state index contributed by atoms with van der Waals surface area (Å²) < 4.78 is 1.91. The third-order valence-corrected chi connectivity index (χ3v) is 5.44. The van der Waals surface area contributed by atoms with Crippen LogP contribution in [0.1, 0.15) is 40.8 Å². The number of aryl methyl sites for hydroxylation is 2. The average Bonchev–Trinajstić information content (AvgIpc) is 3.17. The van der Waals surface area contributed by atoms with Crippen molar-refractivity contribution in [1.82, 2.24) is 24.5 Å². The Labute approximate surface area is 140 Å². The Morgan fingerprint density at radius 3 is 2.78 bits per heavy atom. The largest absolute Gasteiger partial charge is 0.297 e. The Kier molecular flexibility index (Phi) is 3.87. The number of likely N-dealkylation sites (tertiary alicyclic amines) is 1. The number of hydrogen-bond acceptors (Lipinski definition) is 5. The van der Waals surface area contributed by atoms with Gasteiger partial charge in [-0.25, -0.2) is 14.5 Å². The van der Waals surface area contributed by atoms with Crippen LogP contribution in [0.15, 0.2) is 23.7 Å². The summed E-state index contributed by atoms with van der Waals surface area (Å²) >= 11 is 1.74. The molecule has 5 nitrogen and oxygen atoms in total. The molecule has 0 bridgehead atoms. The molecule has 4 rings (SSSR count). The van der Waals surface area contributed by atoms with Crippen molar-refractivity contribution >= 4 is 17.0 Å². The molecule has 0 saturated carbocycles. The van der Waals surface area contributed by atoms with Gasteiger partial charge in [-0.05, 0) is 45.8 Å². The van der Waals surface area contributed by atoms with E-state index in [-0.39, 0.29) is 0 Å². The summed E-state index contributed by atoms with van der Waals surface area (Å²) in [6.45, 7) is 7.38. The lowest BCUT2D eigenvalue weighted by atomic mass is 9.93. The van der Waals surface area contributed by atoms with Crippen LogP contribution in [0.5, 0.6) is 0 Å². The molecule has 23 heavy (non-hydrogen) atoms. The van der Waals surface area contributed by atoms with Crippen molar-refractivity contribution in [3.05, 3.63) is 45.8 Å². The normalized spacial score (nSPS) is 17.1. The Balaban J connectivity index is 1.44. The zero-order chi connectivity index (χ0) is 15.8. The maximum absolute atomic E-state index is 4.80. The van der Waals surface area contributed by atoms with Gasteiger partial charge in [-0.2, -0.15) is 5.10 Å². The van der Waals surface area contributed by atoms with Crippen LogP contribution in [0.4, 0.5) is 0 Å². The molecule has 3 aromatic heterocycles. The molecule has 1 aliphatic rings. The van der Waals surface area contributed by atoms with E-state index in [4.69, 9.17) is 4.98 Å². The molecule has 0 unspecified atom stereocenters. The zero-order valence-corrected chi connectivity index (χ0v) is 14.4. The molecule has 1 saturated heterocycles. The number of piperidine rings is 1. The Morgan fingerprint density at radius 1 is 1.22 bits per heavy atom.